The van der Waals surface area contributed by atoms with Gasteiger partial charge in [0.2, 0.25) is 11.8 Å². The lowest BCUT2D eigenvalue weighted by Crippen LogP contribution is -2.40. The van der Waals surface area contributed by atoms with Crippen molar-refractivity contribution in [3.63, 3.8) is 0 Å². The normalized spacial score (nSPS) is 10.0. The SMILES string of the molecule is COCCCNC(=O)CN(C(C)=O)c1ccc(C(=O)OC)cc1. The first-order chi connectivity index (χ1) is 11.0. The van der Waals surface area contributed by atoms with Gasteiger partial charge in [-0.2, -0.15) is 0 Å². The summed E-state index contributed by atoms with van der Waals surface area (Å²) in [5, 5.41) is 2.72. The molecule has 126 valence electrons. The van der Waals surface area contributed by atoms with Crippen molar-refractivity contribution in [1.29, 1.82) is 0 Å². The smallest absolute Gasteiger partial charge is 0.337 e. The van der Waals surface area contributed by atoms with Crippen molar-refractivity contribution in [3.05, 3.63) is 29.8 Å². The van der Waals surface area contributed by atoms with Gasteiger partial charge in [0.1, 0.15) is 6.54 Å². The molecule has 0 heterocycles. The summed E-state index contributed by atoms with van der Waals surface area (Å²) in [6.45, 7) is 2.34. The Hall–Kier alpha value is -2.41. The monoisotopic (exact) mass is 322 g/mol. The second-order valence-corrected chi connectivity index (χ2v) is 4.84. The van der Waals surface area contributed by atoms with Gasteiger partial charge in [-0.15, -0.1) is 0 Å². The number of methoxy groups -OCH3 is 2. The number of hydrogen-bond acceptors (Lipinski definition) is 5. The van der Waals surface area contributed by atoms with E-state index < -0.39 is 5.97 Å². The highest BCUT2D eigenvalue weighted by molar-refractivity contribution is 5.98. The number of nitrogens with zero attached hydrogens (tertiary/aromatic N) is 1. The van der Waals surface area contributed by atoms with Crippen LogP contribution in [0.15, 0.2) is 24.3 Å². The van der Waals surface area contributed by atoms with Gasteiger partial charge in [0.15, 0.2) is 0 Å². The number of amides is 2. The third kappa shape index (κ3) is 6.07. The topological polar surface area (TPSA) is 84.9 Å². The Morgan fingerprint density at radius 1 is 1.13 bits per heavy atom. The number of carbonyl (C=O) groups is 3. The third-order valence-corrected chi connectivity index (χ3v) is 3.13. The fraction of sp³-hybridized carbons (Fsp3) is 0.438. The van der Waals surface area contributed by atoms with Crippen LogP contribution >= 0.6 is 0 Å². The summed E-state index contributed by atoms with van der Waals surface area (Å²) in [6.07, 6.45) is 0.705. The molecule has 0 bridgehead atoms. The standard InChI is InChI=1S/C16H22N2O5/c1-12(19)18(11-15(20)17-9-4-10-22-2)14-7-5-13(6-8-14)16(21)23-3/h5-8H,4,9-11H2,1-3H3,(H,17,20). The van der Waals surface area contributed by atoms with Crippen molar-refractivity contribution in [3.8, 4) is 0 Å². The van der Waals surface area contributed by atoms with Gasteiger partial charge < -0.3 is 19.7 Å². The van der Waals surface area contributed by atoms with E-state index in [0.717, 1.165) is 0 Å². The van der Waals surface area contributed by atoms with E-state index in [1.807, 2.05) is 0 Å². The van der Waals surface area contributed by atoms with Crippen molar-refractivity contribution in [2.24, 2.45) is 0 Å². The van der Waals surface area contributed by atoms with Gasteiger partial charge in [0.05, 0.1) is 12.7 Å². The van der Waals surface area contributed by atoms with E-state index in [9.17, 15) is 14.4 Å². The Labute approximate surface area is 135 Å². The summed E-state index contributed by atoms with van der Waals surface area (Å²) < 4.78 is 9.52. The summed E-state index contributed by atoms with van der Waals surface area (Å²) in [5.74, 6) is -0.974. The van der Waals surface area contributed by atoms with Gasteiger partial charge in [-0.3, -0.25) is 9.59 Å². The maximum absolute atomic E-state index is 11.9. The summed E-state index contributed by atoms with van der Waals surface area (Å²) in [4.78, 5) is 36.4. The minimum Gasteiger partial charge on any atom is -0.465 e. The molecule has 0 aliphatic carbocycles. The number of esters is 1. The number of rotatable bonds is 8. The lowest BCUT2D eigenvalue weighted by atomic mass is 10.2. The van der Waals surface area contributed by atoms with Crippen LogP contribution in [-0.4, -0.2) is 51.7 Å². The van der Waals surface area contributed by atoms with E-state index in [0.29, 0.717) is 30.8 Å². The predicted molar refractivity (Wildman–Crippen MR) is 85.3 cm³/mol. The number of anilines is 1. The van der Waals surface area contributed by atoms with E-state index in [1.54, 1.807) is 31.4 Å². The molecule has 2 amide bonds. The molecule has 0 unspecified atom stereocenters. The number of nitrogens with one attached hydrogen (secondary N) is 1. The first-order valence-electron chi connectivity index (χ1n) is 7.21. The van der Waals surface area contributed by atoms with Gasteiger partial charge in [-0.05, 0) is 30.7 Å². The zero-order chi connectivity index (χ0) is 17.2. The van der Waals surface area contributed by atoms with Gasteiger partial charge >= 0.3 is 5.97 Å². The van der Waals surface area contributed by atoms with Gasteiger partial charge in [-0.25, -0.2) is 4.79 Å². The molecule has 1 N–H and O–H groups in total. The molecule has 1 aromatic rings. The minimum absolute atomic E-state index is 0.0834. The molecule has 0 radical (unpaired) electrons. The molecule has 0 spiro atoms. The Morgan fingerprint density at radius 3 is 2.30 bits per heavy atom. The van der Waals surface area contributed by atoms with Crippen molar-refractivity contribution in [1.82, 2.24) is 5.32 Å². The van der Waals surface area contributed by atoms with Crippen LogP contribution < -0.4 is 10.2 Å². The lowest BCUT2D eigenvalue weighted by Gasteiger charge is -2.21. The average Bonchev–Trinajstić information content (AvgIpc) is 2.56. The van der Waals surface area contributed by atoms with Crippen LogP contribution in [-0.2, 0) is 19.1 Å². The van der Waals surface area contributed by atoms with Gasteiger partial charge in [0, 0.05) is 32.9 Å². The fourth-order valence-electron chi connectivity index (χ4n) is 1.92. The second-order valence-electron chi connectivity index (χ2n) is 4.84. The van der Waals surface area contributed by atoms with Crippen molar-refractivity contribution in [2.75, 3.05) is 38.8 Å². The number of benzene rings is 1. The first kappa shape index (κ1) is 18.6. The van der Waals surface area contributed by atoms with Crippen molar-refractivity contribution >= 4 is 23.5 Å². The molecule has 0 saturated carbocycles. The highest BCUT2D eigenvalue weighted by atomic mass is 16.5. The molecule has 0 atom stereocenters. The van der Waals surface area contributed by atoms with Crippen molar-refractivity contribution in [2.45, 2.75) is 13.3 Å². The average molecular weight is 322 g/mol. The van der Waals surface area contributed by atoms with Gasteiger partial charge in [0.25, 0.3) is 0 Å². The first-order valence-corrected chi connectivity index (χ1v) is 7.21. The van der Waals surface area contributed by atoms with Crippen LogP contribution in [0.4, 0.5) is 5.69 Å². The van der Waals surface area contributed by atoms with E-state index >= 15 is 0 Å². The Kier molecular flexibility index (Phi) is 7.76. The molecule has 0 aliphatic heterocycles. The van der Waals surface area contributed by atoms with E-state index in [4.69, 9.17) is 4.74 Å². The molecular formula is C16H22N2O5. The molecule has 23 heavy (non-hydrogen) atoms. The molecule has 1 aromatic carbocycles. The molecule has 0 aliphatic rings. The zero-order valence-electron chi connectivity index (χ0n) is 13.6. The minimum atomic E-state index is -0.457. The Balaban J connectivity index is 2.69. The molecular weight excluding hydrogens is 300 g/mol. The zero-order valence-corrected chi connectivity index (χ0v) is 13.6. The maximum Gasteiger partial charge on any atom is 0.337 e. The Morgan fingerprint density at radius 2 is 1.78 bits per heavy atom. The molecule has 7 nitrogen and oxygen atoms in total. The quantitative estimate of drug-likeness (QED) is 0.569. The largest absolute Gasteiger partial charge is 0.465 e. The van der Waals surface area contributed by atoms with Crippen LogP contribution in [0.25, 0.3) is 0 Å². The summed E-state index contributed by atoms with van der Waals surface area (Å²) in [6, 6.07) is 6.30. The Bertz CT molecular complexity index is 542. The molecule has 0 fully saturated rings. The number of ether oxygens (including phenoxy) is 2. The molecule has 0 aromatic heterocycles. The summed E-state index contributed by atoms with van der Waals surface area (Å²) in [7, 11) is 2.89. The number of carbonyl (C=O) groups excluding carboxylic acids is 3. The van der Waals surface area contributed by atoms with Crippen LogP contribution in [0.3, 0.4) is 0 Å². The second kappa shape index (κ2) is 9.58. The molecule has 1 rings (SSSR count). The predicted octanol–water partition coefficient (Wildman–Crippen LogP) is 0.979. The van der Waals surface area contributed by atoms with Crippen LogP contribution in [0.1, 0.15) is 23.7 Å². The van der Waals surface area contributed by atoms with E-state index in [-0.39, 0.29) is 18.4 Å². The van der Waals surface area contributed by atoms with Gasteiger partial charge in [-0.1, -0.05) is 0 Å². The fourth-order valence-corrected chi connectivity index (χ4v) is 1.92. The van der Waals surface area contributed by atoms with Crippen molar-refractivity contribution < 1.29 is 23.9 Å². The lowest BCUT2D eigenvalue weighted by molar-refractivity contribution is -0.123. The molecule has 0 saturated heterocycles. The number of hydrogen-bond donors (Lipinski definition) is 1. The third-order valence-electron chi connectivity index (χ3n) is 3.13. The van der Waals surface area contributed by atoms with Crippen LogP contribution in [0.2, 0.25) is 0 Å². The summed E-state index contributed by atoms with van der Waals surface area (Å²) >= 11 is 0. The maximum atomic E-state index is 11.9. The van der Waals surface area contributed by atoms with E-state index in [1.165, 1.54) is 18.9 Å². The molecule has 7 heteroatoms. The van der Waals surface area contributed by atoms with Crippen LogP contribution in [0.5, 0.6) is 0 Å². The van der Waals surface area contributed by atoms with Crippen LogP contribution in [0, 0.1) is 0 Å². The van der Waals surface area contributed by atoms with E-state index in [2.05, 4.69) is 10.1 Å². The highest BCUT2D eigenvalue weighted by Crippen LogP contribution is 2.16. The summed E-state index contributed by atoms with van der Waals surface area (Å²) in [5.41, 5.74) is 0.918. The highest BCUT2D eigenvalue weighted by Gasteiger charge is 2.16.